The smallest absolute Gasteiger partial charge is 0.251 e. The molecule has 3 rings (SSSR count). The van der Waals surface area contributed by atoms with E-state index in [0.29, 0.717) is 5.92 Å². The molecule has 0 saturated carbocycles. The fourth-order valence-corrected chi connectivity index (χ4v) is 3.59. The predicted octanol–water partition coefficient (Wildman–Crippen LogP) is 3.29. The molecule has 25 heavy (non-hydrogen) atoms. The van der Waals surface area contributed by atoms with E-state index in [4.69, 9.17) is 0 Å². The first kappa shape index (κ1) is 17.6. The van der Waals surface area contributed by atoms with Gasteiger partial charge in [0.05, 0.1) is 0 Å². The van der Waals surface area contributed by atoms with Crippen LogP contribution >= 0.6 is 0 Å². The zero-order valence-electron chi connectivity index (χ0n) is 14.9. The van der Waals surface area contributed by atoms with Crippen LogP contribution in [0.1, 0.15) is 41.3 Å². The van der Waals surface area contributed by atoms with Crippen molar-refractivity contribution in [3.8, 4) is 0 Å². The van der Waals surface area contributed by atoms with Gasteiger partial charge in [-0.25, -0.2) is 0 Å². The Bertz CT molecular complexity index is 687. The van der Waals surface area contributed by atoms with E-state index in [1.165, 1.54) is 18.4 Å². The molecule has 4 heteroatoms. The molecule has 1 aromatic heterocycles. The van der Waals surface area contributed by atoms with Crippen LogP contribution in [0.4, 0.5) is 0 Å². The molecule has 0 radical (unpaired) electrons. The number of nitrogens with one attached hydrogen (secondary N) is 1. The fraction of sp³-hybridized carbons (Fsp3) is 0.429. The second-order valence-electron chi connectivity index (χ2n) is 6.82. The van der Waals surface area contributed by atoms with Crippen LogP contribution in [0.15, 0.2) is 48.8 Å². The van der Waals surface area contributed by atoms with Crippen LogP contribution in [0.25, 0.3) is 0 Å². The summed E-state index contributed by atoms with van der Waals surface area (Å²) < 4.78 is 0. The number of pyridine rings is 1. The summed E-state index contributed by atoms with van der Waals surface area (Å²) in [5.74, 6) is 0.581. The molecule has 0 unspecified atom stereocenters. The summed E-state index contributed by atoms with van der Waals surface area (Å²) in [4.78, 5) is 19.1. The van der Waals surface area contributed by atoms with E-state index in [2.05, 4.69) is 34.3 Å². The van der Waals surface area contributed by atoms with Gasteiger partial charge in [-0.1, -0.05) is 25.1 Å². The van der Waals surface area contributed by atoms with Gasteiger partial charge < -0.3 is 5.32 Å². The highest BCUT2D eigenvalue weighted by Crippen LogP contribution is 2.18. The number of aromatic nitrogens is 1. The van der Waals surface area contributed by atoms with E-state index in [0.717, 1.165) is 43.7 Å². The van der Waals surface area contributed by atoms with Crippen LogP contribution in [0.3, 0.4) is 0 Å². The lowest BCUT2D eigenvalue weighted by Gasteiger charge is -2.32. The highest BCUT2D eigenvalue weighted by molar-refractivity contribution is 5.95. The number of carbonyl (C=O) groups excluding carboxylic acids is 1. The number of amides is 1. The van der Waals surface area contributed by atoms with Gasteiger partial charge >= 0.3 is 0 Å². The number of hydrogen-bond acceptors (Lipinski definition) is 3. The van der Waals surface area contributed by atoms with E-state index in [-0.39, 0.29) is 5.91 Å². The maximum atomic E-state index is 12.5. The molecule has 1 saturated heterocycles. The Morgan fingerprint density at radius 2 is 2.04 bits per heavy atom. The van der Waals surface area contributed by atoms with Crippen molar-refractivity contribution < 1.29 is 4.79 Å². The number of benzene rings is 1. The Morgan fingerprint density at radius 1 is 1.24 bits per heavy atom. The van der Waals surface area contributed by atoms with E-state index < -0.39 is 0 Å². The van der Waals surface area contributed by atoms with Gasteiger partial charge in [-0.05, 0) is 61.1 Å². The summed E-state index contributed by atoms with van der Waals surface area (Å²) in [5.41, 5.74) is 3.23. The molecular weight excluding hydrogens is 310 g/mol. The summed E-state index contributed by atoms with van der Waals surface area (Å²) in [6.45, 7) is 5.98. The van der Waals surface area contributed by atoms with Crippen molar-refractivity contribution in [2.75, 3.05) is 19.6 Å². The summed E-state index contributed by atoms with van der Waals surface area (Å²) in [5, 5.41) is 3.15. The number of hydrogen-bond donors (Lipinski definition) is 1. The number of rotatable bonds is 6. The van der Waals surface area contributed by atoms with Crippen LogP contribution in [-0.2, 0) is 13.0 Å². The fourth-order valence-electron chi connectivity index (χ4n) is 3.59. The summed E-state index contributed by atoms with van der Waals surface area (Å²) in [6.07, 6.45) is 6.96. The molecule has 132 valence electrons. The lowest BCUT2D eigenvalue weighted by atomic mass is 9.97. The molecule has 1 N–H and O–H groups in total. The zero-order valence-corrected chi connectivity index (χ0v) is 14.9. The minimum absolute atomic E-state index is 0.0590. The summed E-state index contributed by atoms with van der Waals surface area (Å²) >= 11 is 0. The molecule has 1 aliphatic rings. The second kappa shape index (κ2) is 8.77. The Hall–Kier alpha value is -2.20. The molecular formula is C21H27N3O. The summed E-state index contributed by atoms with van der Waals surface area (Å²) in [7, 11) is 0. The first-order chi connectivity index (χ1) is 12.3. The molecule has 1 aromatic carbocycles. The largest absolute Gasteiger partial charge is 0.352 e. The van der Waals surface area contributed by atoms with Crippen LogP contribution in [0.2, 0.25) is 0 Å². The molecule has 1 aliphatic heterocycles. The van der Waals surface area contributed by atoms with Crippen molar-refractivity contribution in [3.05, 3.63) is 65.5 Å². The van der Waals surface area contributed by atoms with E-state index in [1.54, 1.807) is 0 Å². The van der Waals surface area contributed by atoms with Crippen molar-refractivity contribution in [2.24, 2.45) is 5.92 Å². The Labute approximate surface area is 150 Å². The van der Waals surface area contributed by atoms with Crippen molar-refractivity contribution in [3.63, 3.8) is 0 Å². The van der Waals surface area contributed by atoms with Crippen molar-refractivity contribution in [1.29, 1.82) is 0 Å². The number of aryl methyl sites for hydroxylation is 1. The number of nitrogens with zero attached hydrogens (tertiary/aromatic N) is 2. The quantitative estimate of drug-likeness (QED) is 0.880. The molecule has 1 atom stereocenters. The zero-order chi connectivity index (χ0) is 17.5. The molecule has 2 heterocycles. The molecule has 4 nitrogen and oxygen atoms in total. The third-order valence-corrected chi connectivity index (χ3v) is 4.95. The maximum absolute atomic E-state index is 12.5. The number of carbonyl (C=O) groups is 1. The van der Waals surface area contributed by atoms with Gasteiger partial charge in [-0.3, -0.25) is 14.7 Å². The van der Waals surface area contributed by atoms with Crippen molar-refractivity contribution in [2.45, 2.75) is 32.7 Å². The lowest BCUT2D eigenvalue weighted by Crippen LogP contribution is -2.40. The third-order valence-electron chi connectivity index (χ3n) is 4.95. The molecule has 0 aliphatic carbocycles. The minimum atomic E-state index is 0.0590. The Morgan fingerprint density at radius 3 is 2.84 bits per heavy atom. The van der Waals surface area contributed by atoms with Gasteiger partial charge in [0, 0.05) is 37.6 Å². The van der Waals surface area contributed by atoms with Crippen LogP contribution in [0, 0.1) is 5.92 Å². The number of piperidine rings is 1. The van der Waals surface area contributed by atoms with Gasteiger partial charge in [0.15, 0.2) is 0 Å². The monoisotopic (exact) mass is 337 g/mol. The van der Waals surface area contributed by atoms with E-state index >= 15 is 0 Å². The maximum Gasteiger partial charge on any atom is 0.251 e. The standard InChI is InChI=1S/C21H27N3O/c1-2-19-7-3-4-8-20(19)21(25)23-14-18-6-5-13-24(16-18)15-17-9-11-22-12-10-17/h3-4,7-12,18H,2,5-6,13-16H2,1H3,(H,23,25)/t18-/m0/s1. The third kappa shape index (κ3) is 4.89. The first-order valence-electron chi connectivity index (χ1n) is 9.23. The van der Waals surface area contributed by atoms with Crippen LogP contribution in [0.5, 0.6) is 0 Å². The van der Waals surface area contributed by atoms with E-state index in [9.17, 15) is 4.79 Å². The molecule has 2 aromatic rings. The van der Waals surface area contributed by atoms with E-state index in [1.807, 2.05) is 36.7 Å². The van der Waals surface area contributed by atoms with Crippen molar-refractivity contribution in [1.82, 2.24) is 15.2 Å². The van der Waals surface area contributed by atoms with Gasteiger partial charge in [0.1, 0.15) is 0 Å². The highest BCUT2D eigenvalue weighted by Gasteiger charge is 2.21. The van der Waals surface area contributed by atoms with Crippen LogP contribution in [-0.4, -0.2) is 35.4 Å². The first-order valence-corrected chi connectivity index (χ1v) is 9.23. The Balaban J connectivity index is 1.52. The minimum Gasteiger partial charge on any atom is -0.352 e. The SMILES string of the molecule is CCc1ccccc1C(=O)NC[C@@H]1CCCN(Cc2ccncc2)C1. The average Bonchev–Trinajstić information content (AvgIpc) is 2.67. The average molecular weight is 337 g/mol. The normalized spacial score (nSPS) is 18.0. The van der Waals surface area contributed by atoms with Crippen LogP contribution < -0.4 is 5.32 Å². The lowest BCUT2D eigenvalue weighted by molar-refractivity contribution is 0.0929. The molecule has 0 spiro atoms. The van der Waals surface area contributed by atoms with Gasteiger partial charge in [0.25, 0.3) is 5.91 Å². The highest BCUT2D eigenvalue weighted by atomic mass is 16.1. The predicted molar refractivity (Wildman–Crippen MR) is 100 cm³/mol. The second-order valence-corrected chi connectivity index (χ2v) is 6.82. The number of likely N-dealkylation sites (tertiary alicyclic amines) is 1. The molecule has 1 amide bonds. The molecule has 1 fully saturated rings. The van der Waals surface area contributed by atoms with Gasteiger partial charge in [-0.2, -0.15) is 0 Å². The topological polar surface area (TPSA) is 45.2 Å². The van der Waals surface area contributed by atoms with Crippen molar-refractivity contribution >= 4 is 5.91 Å². The molecule has 0 bridgehead atoms. The van der Waals surface area contributed by atoms with Gasteiger partial charge in [-0.15, -0.1) is 0 Å². The summed E-state index contributed by atoms with van der Waals surface area (Å²) in [6, 6.07) is 12.0. The van der Waals surface area contributed by atoms with Gasteiger partial charge in [0.2, 0.25) is 0 Å². The Kier molecular flexibility index (Phi) is 6.18.